The molecule has 3 rings (SSSR count). The highest BCUT2D eigenvalue weighted by molar-refractivity contribution is 5.74. The summed E-state index contributed by atoms with van der Waals surface area (Å²) < 4.78 is 14.9. The molecule has 0 fully saturated rings. The van der Waals surface area contributed by atoms with E-state index in [1.54, 1.807) is 43.0 Å². The lowest BCUT2D eigenvalue weighted by Crippen LogP contribution is -2.38. The molecule has 0 bridgehead atoms. The summed E-state index contributed by atoms with van der Waals surface area (Å²) in [6, 6.07) is 7.08. The number of hydrogen-bond acceptors (Lipinski definition) is 7. The second-order valence-electron chi connectivity index (χ2n) is 8.86. The summed E-state index contributed by atoms with van der Waals surface area (Å²) >= 11 is 0. The summed E-state index contributed by atoms with van der Waals surface area (Å²) in [5.74, 6) is 2.22. The topological polar surface area (TPSA) is 113 Å². The van der Waals surface area contributed by atoms with E-state index >= 15 is 0 Å². The van der Waals surface area contributed by atoms with Crippen LogP contribution in [0.3, 0.4) is 0 Å². The number of aromatic nitrogens is 4. The van der Waals surface area contributed by atoms with Crippen LogP contribution in [0.4, 0.5) is 5.95 Å². The lowest BCUT2D eigenvalue weighted by molar-refractivity contribution is 0.0938. The normalized spacial score (nSPS) is 13.1. The highest BCUT2D eigenvalue weighted by Gasteiger charge is 2.22. The predicted molar refractivity (Wildman–Crippen MR) is 137 cm³/mol. The van der Waals surface area contributed by atoms with E-state index in [0.29, 0.717) is 29.9 Å². The first-order valence-corrected chi connectivity index (χ1v) is 12.2. The van der Waals surface area contributed by atoms with Gasteiger partial charge < -0.3 is 24.5 Å². The highest BCUT2D eigenvalue weighted by atomic mass is 16.5. The Morgan fingerprint density at radius 1 is 1.09 bits per heavy atom. The zero-order valence-corrected chi connectivity index (χ0v) is 21.3. The van der Waals surface area contributed by atoms with Crippen molar-refractivity contribution < 1.29 is 14.6 Å². The van der Waals surface area contributed by atoms with Crippen LogP contribution in [-0.2, 0) is 20.6 Å². The molecule has 2 heterocycles. The summed E-state index contributed by atoms with van der Waals surface area (Å²) in [6.07, 6.45) is 3.48. The lowest BCUT2D eigenvalue weighted by Gasteiger charge is -2.18. The Hall–Kier alpha value is -3.27. The quantitative estimate of drug-likeness (QED) is 0.381. The van der Waals surface area contributed by atoms with Crippen LogP contribution in [0, 0.1) is 5.92 Å². The number of ether oxygens (including phenoxy) is 2. The van der Waals surface area contributed by atoms with Gasteiger partial charge in [0.15, 0.2) is 11.2 Å². The molecule has 10 nitrogen and oxygen atoms in total. The number of benzene rings is 1. The van der Waals surface area contributed by atoms with Gasteiger partial charge in [-0.05, 0) is 36.6 Å². The number of imidazole rings is 1. The third-order valence-electron chi connectivity index (χ3n) is 6.34. The Morgan fingerprint density at radius 3 is 2.40 bits per heavy atom. The maximum absolute atomic E-state index is 13.0. The van der Waals surface area contributed by atoms with Gasteiger partial charge in [-0.25, -0.2) is 4.79 Å². The minimum Gasteiger partial charge on any atom is -0.497 e. The van der Waals surface area contributed by atoms with Gasteiger partial charge in [0.05, 0.1) is 13.7 Å². The van der Waals surface area contributed by atoms with Crippen molar-refractivity contribution in [3.8, 4) is 11.5 Å². The van der Waals surface area contributed by atoms with Gasteiger partial charge >= 0.3 is 5.69 Å². The Kier molecular flexibility index (Phi) is 8.97. The summed E-state index contributed by atoms with van der Waals surface area (Å²) in [5.41, 5.74) is -0.353. The van der Waals surface area contributed by atoms with E-state index in [1.807, 2.05) is 0 Å². The largest absolute Gasteiger partial charge is 0.497 e. The number of aliphatic hydroxyl groups is 1. The van der Waals surface area contributed by atoms with Gasteiger partial charge in [-0.15, -0.1) is 0 Å². The van der Waals surface area contributed by atoms with Crippen molar-refractivity contribution in [2.24, 2.45) is 20.0 Å². The Bertz CT molecular complexity index is 1230. The molecule has 0 saturated carbocycles. The molecule has 0 unspecified atom stereocenters. The number of rotatable bonds is 13. The van der Waals surface area contributed by atoms with Crippen molar-refractivity contribution in [2.75, 3.05) is 25.6 Å². The molecule has 2 atom stereocenters. The van der Waals surface area contributed by atoms with Crippen LogP contribution in [-0.4, -0.2) is 50.2 Å². The average Bonchev–Trinajstić information content (AvgIpc) is 3.23. The summed E-state index contributed by atoms with van der Waals surface area (Å²) in [6.45, 7) is 5.11. The van der Waals surface area contributed by atoms with Gasteiger partial charge in [0.1, 0.15) is 24.2 Å². The molecule has 0 spiro atoms. The van der Waals surface area contributed by atoms with Crippen molar-refractivity contribution in [2.45, 2.75) is 52.2 Å². The molecule has 192 valence electrons. The standard InChI is InChI=1S/C25H37N5O5/c1-6-8-9-17(7-2)14-26-24-27-22-21(23(32)29(4)25(33)28(22)3)30(24)15-18(31)16-35-20-12-10-19(34-5)11-13-20/h10-13,17-18,31H,6-9,14-16H2,1-5H3,(H,26,27)/t17-,18+/m1/s1. The van der Waals surface area contributed by atoms with E-state index in [-0.39, 0.29) is 24.3 Å². The fourth-order valence-electron chi connectivity index (χ4n) is 4.07. The average molecular weight is 488 g/mol. The Balaban J connectivity index is 1.87. The van der Waals surface area contributed by atoms with Crippen molar-refractivity contribution in [3.05, 3.63) is 45.1 Å². The number of aliphatic hydroxyl groups excluding tert-OH is 1. The van der Waals surface area contributed by atoms with Crippen molar-refractivity contribution >= 4 is 17.1 Å². The maximum atomic E-state index is 13.0. The van der Waals surface area contributed by atoms with Gasteiger partial charge in [-0.3, -0.25) is 13.9 Å². The second kappa shape index (κ2) is 11.9. The summed E-state index contributed by atoms with van der Waals surface area (Å²) in [5, 5.41) is 14.2. The molecule has 0 aliphatic heterocycles. The molecule has 35 heavy (non-hydrogen) atoms. The van der Waals surface area contributed by atoms with Gasteiger partial charge in [0, 0.05) is 20.6 Å². The molecule has 0 radical (unpaired) electrons. The van der Waals surface area contributed by atoms with Gasteiger partial charge in [-0.2, -0.15) is 4.98 Å². The first kappa shape index (κ1) is 26.3. The first-order chi connectivity index (χ1) is 16.8. The molecule has 0 amide bonds. The Labute approximate surface area is 205 Å². The molecule has 1 aromatic carbocycles. The molecule has 0 saturated heterocycles. The molecule has 2 N–H and O–H groups in total. The monoisotopic (exact) mass is 487 g/mol. The lowest BCUT2D eigenvalue weighted by atomic mass is 9.99. The molecule has 2 aromatic heterocycles. The van der Waals surface area contributed by atoms with E-state index in [0.717, 1.165) is 30.3 Å². The zero-order chi connectivity index (χ0) is 25.5. The predicted octanol–water partition coefficient (Wildman–Crippen LogP) is 2.51. The minimum absolute atomic E-state index is 0.0195. The number of aryl methyl sites for hydroxylation is 1. The second-order valence-corrected chi connectivity index (χ2v) is 8.86. The molecule has 0 aliphatic carbocycles. The number of hydrogen-bond donors (Lipinski definition) is 2. The maximum Gasteiger partial charge on any atom is 0.332 e. The zero-order valence-electron chi connectivity index (χ0n) is 21.3. The number of nitrogens with zero attached hydrogens (tertiary/aromatic N) is 4. The van der Waals surface area contributed by atoms with Crippen LogP contribution in [0.15, 0.2) is 33.9 Å². The van der Waals surface area contributed by atoms with E-state index in [4.69, 9.17) is 9.47 Å². The van der Waals surface area contributed by atoms with E-state index in [1.165, 1.54) is 11.6 Å². The Morgan fingerprint density at radius 2 is 1.77 bits per heavy atom. The third kappa shape index (κ3) is 6.05. The van der Waals surface area contributed by atoms with Crippen LogP contribution in [0.1, 0.15) is 39.5 Å². The fraction of sp³-hybridized carbons (Fsp3) is 0.560. The van der Waals surface area contributed by atoms with Crippen molar-refractivity contribution in [1.29, 1.82) is 0 Å². The highest BCUT2D eigenvalue weighted by Crippen LogP contribution is 2.20. The van der Waals surface area contributed by atoms with Gasteiger partial charge in [-0.1, -0.05) is 33.1 Å². The van der Waals surface area contributed by atoms with Crippen LogP contribution in [0.25, 0.3) is 11.2 Å². The molecular formula is C25H37N5O5. The molecule has 10 heteroatoms. The van der Waals surface area contributed by atoms with E-state index in [2.05, 4.69) is 24.1 Å². The minimum atomic E-state index is -0.918. The van der Waals surface area contributed by atoms with Crippen molar-refractivity contribution in [3.63, 3.8) is 0 Å². The van der Waals surface area contributed by atoms with Crippen molar-refractivity contribution in [1.82, 2.24) is 18.7 Å². The van der Waals surface area contributed by atoms with Gasteiger partial charge in [0.2, 0.25) is 5.95 Å². The van der Waals surface area contributed by atoms with Crippen LogP contribution >= 0.6 is 0 Å². The SMILES string of the molecule is CCCC[C@@H](CC)CNc1nc2c(c(=O)n(C)c(=O)n2C)n1C[C@H](O)COc1ccc(OC)cc1. The third-order valence-corrected chi connectivity index (χ3v) is 6.34. The summed E-state index contributed by atoms with van der Waals surface area (Å²) in [7, 11) is 4.62. The molecule has 3 aromatic rings. The van der Waals surface area contributed by atoms with E-state index < -0.39 is 17.4 Å². The summed E-state index contributed by atoms with van der Waals surface area (Å²) in [4.78, 5) is 30.1. The fourth-order valence-corrected chi connectivity index (χ4v) is 4.07. The van der Waals surface area contributed by atoms with Gasteiger partial charge in [0.25, 0.3) is 5.56 Å². The van der Waals surface area contributed by atoms with Crippen LogP contribution < -0.4 is 26.0 Å². The van der Waals surface area contributed by atoms with Crippen LogP contribution in [0.5, 0.6) is 11.5 Å². The number of anilines is 1. The number of fused-ring (bicyclic) bond motifs is 1. The molecular weight excluding hydrogens is 450 g/mol. The van der Waals surface area contributed by atoms with Crippen LogP contribution in [0.2, 0.25) is 0 Å². The number of nitrogens with one attached hydrogen (secondary N) is 1. The number of methoxy groups -OCH3 is 1. The number of unbranched alkanes of at least 4 members (excludes halogenated alkanes) is 1. The van der Waals surface area contributed by atoms with E-state index in [9.17, 15) is 14.7 Å². The smallest absolute Gasteiger partial charge is 0.332 e. The first-order valence-electron chi connectivity index (χ1n) is 12.2. The molecule has 0 aliphatic rings.